The first-order chi connectivity index (χ1) is 27.8. The third-order valence-corrected chi connectivity index (χ3v) is 12.8. The maximum absolute atomic E-state index is 12.6. The van der Waals surface area contributed by atoms with Crippen LogP contribution in [0, 0.1) is 26.7 Å². The zero-order valence-electron chi connectivity index (χ0n) is 36.6. The molecule has 10 nitrogen and oxygen atoms in total. The minimum atomic E-state index is -0.279. The van der Waals surface area contributed by atoms with Crippen molar-refractivity contribution in [3.8, 4) is 11.4 Å². The van der Waals surface area contributed by atoms with Crippen molar-refractivity contribution in [3.05, 3.63) is 102 Å². The number of carbonyl (C=O) groups is 2. The molecule has 58 heavy (non-hydrogen) atoms. The van der Waals surface area contributed by atoms with Crippen molar-refractivity contribution in [2.75, 3.05) is 14.2 Å². The first-order valence-electron chi connectivity index (χ1n) is 21.0. The first kappa shape index (κ1) is 42.2. The Morgan fingerprint density at radius 3 is 1.98 bits per heavy atom. The lowest BCUT2D eigenvalue weighted by molar-refractivity contribution is -0.141. The molecule has 6 rings (SSSR count). The summed E-state index contributed by atoms with van der Waals surface area (Å²) in [5, 5.41) is 3.61. The number of aryl methyl sites for hydroxylation is 1. The van der Waals surface area contributed by atoms with Gasteiger partial charge in [-0.25, -0.2) is 4.99 Å². The number of esters is 2. The molecule has 6 heterocycles. The Labute approximate surface area is 344 Å². The van der Waals surface area contributed by atoms with Gasteiger partial charge in [0.05, 0.1) is 60.2 Å². The third kappa shape index (κ3) is 7.77. The lowest BCUT2D eigenvalue weighted by atomic mass is 9.89. The number of allylic oxidation sites excluding steroid dienone is 3. The van der Waals surface area contributed by atoms with Gasteiger partial charge in [-0.1, -0.05) is 34.6 Å². The summed E-state index contributed by atoms with van der Waals surface area (Å²) in [6.45, 7) is 21.7. The van der Waals surface area contributed by atoms with Gasteiger partial charge in [0.1, 0.15) is 0 Å². The second-order valence-electron chi connectivity index (χ2n) is 15.8. The number of aliphatic imine (C=N–C) groups is 2. The van der Waals surface area contributed by atoms with E-state index >= 15 is 0 Å². The van der Waals surface area contributed by atoms with Crippen molar-refractivity contribution in [3.63, 3.8) is 0 Å². The van der Waals surface area contributed by atoms with Gasteiger partial charge in [0.2, 0.25) is 0 Å². The van der Waals surface area contributed by atoms with Crippen LogP contribution < -0.4 is 5.32 Å². The molecule has 0 fully saturated rings. The molecule has 0 radical (unpaired) electrons. The highest BCUT2D eigenvalue weighted by Crippen LogP contribution is 2.39. The molecule has 0 bridgehead atoms. The molecule has 0 saturated heterocycles. The van der Waals surface area contributed by atoms with Crippen LogP contribution in [0.4, 0.5) is 0 Å². The highest BCUT2D eigenvalue weighted by Gasteiger charge is 2.34. The summed E-state index contributed by atoms with van der Waals surface area (Å²) in [5.74, 6) is -0.192. The number of methoxy groups -OCH3 is 2. The van der Waals surface area contributed by atoms with Crippen LogP contribution in [0.15, 0.2) is 61.6 Å². The Morgan fingerprint density at radius 1 is 0.707 bits per heavy atom. The van der Waals surface area contributed by atoms with Gasteiger partial charge in [0.15, 0.2) is 0 Å². The van der Waals surface area contributed by atoms with E-state index in [0.717, 1.165) is 99.2 Å². The van der Waals surface area contributed by atoms with Crippen LogP contribution in [0.1, 0.15) is 131 Å². The molecule has 3 aliphatic rings. The Balaban J connectivity index is 1.49. The van der Waals surface area contributed by atoms with E-state index in [4.69, 9.17) is 19.5 Å². The molecular formula is C48H62N6O4. The minimum Gasteiger partial charge on any atom is -0.469 e. The molecule has 4 N–H and O–H groups in total. The van der Waals surface area contributed by atoms with E-state index in [1.54, 1.807) is 0 Å². The third-order valence-electron chi connectivity index (χ3n) is 12.8. The van der Waals surface area contributed by atoms with E-state index in [1.165, 1.54) is 53.2 Å². The number of ether oxygens (including phenoxy) is 2. The van der Waals surface area contributed by atoms with Gasteiger partial charge < -0.3 is 29.7 Å². The highest BCUT2D eigenvalue weighted by molar-refractivity contribution is 6.17. The van der Waals surface area contributed by atoms with Crippen LogP contribution in [0.5, 0.6) is 0 Å². The molecule has 0 saturated carbocycles. The molecule has 0 aromatic carbocycles. The molecule has 0 amide bonds. The monoisotopic (exact) mass is 786 g/mol. The van der Waals surface area contributed by atoms with E-state index in [2.05, 4.69) is 114 Å². The second kappa shape index (κ2) is 17.6. The largest absolute Gasteiger partial charge is 0.469 e. The lowest BCUT2D eigenvalue weighted by Gasteiger charge is -2.19. The molecule has 308 valence electrons. The number of carbonyl (C=O) groups excluding carboxylic acids is 2. The summed E-state index contributed by atoms with van der Waals surface area (Å²) in [6, 6.07) is 0.135. The first-order valence-corrected chi connectivity index (χ1v) is 21.0. The van der Waals surface area contributed by atoms with Crippen LogP contribution in [0.25, 0.3) is 23.5 Å². The quantitative estimate of drug-likeness (QED) is 0.114. The number of H-pyrrole nitrogens is 3. The van der Waals surface area contributed by atoms with Gasteiger partial charge >= 0.3 is 11.9 Å². The number of hydrogen-bond donors (Lipinski definition) is 4. The molecule has 3 aromatic rings. The Bertz CT molecular complexity index is 2350. The van der Waals surface area contributed by atoms with Gasteiger partial charge in [0, 0.05) is 36.3 Å². The second-order valence-corrected chi connectivity index (χ2v) is 15.8. The van der Waals surface area contributed by atoms with Crippen molar-refractivity contribution >= 4 is 35.5 Å². The van der Waals surface area contributed by atoms with Crippen LogP contribution in [0.2, 0.25) is 0 Å². The van der Waals surface area contributed by atoms with Crippen molar-refractivity contribution < 1.29 is 19.1 Å². The highest BCUT2D eigenvalue weighted by atomic mass is 16.5. The van der Waals surface area contributed by atoms with Crippen molar-refractivity contribution in [1.82, 2.24) is 20.3 Å². The molecule has 3 aliphatic heterocycles. The molecule has 3 aromatic heterocycles. The number of aromatic amines is 3. The van der Waals surface area contributed by atoms with Crippen LogP contribution >= 0.6 is 0 Å². The average molecular weight is 787 g/mol. The van der Waals surface area contributed by atoms with Gasteiger partial charge in [-0.05, 0) is 153 Å². The maximum Gasteiger partial charge on any atom is 0.305 e. The van der Waals surface area contributed by atoms with E-state index in [9.17, 15) is 9.59 Å². The zero-order valence-corrected chi connectivity index (χ0v) is 36.6. The molecule has 0 aliphatic carbocycles. The Hall–Kier alpha value is -5.38. The molecule has 2 unspecified atom stereocenters. The molecule has 10 heteroatoms. The minimum absolute atomic E-state index is 0.135. The van der Waals surface area contributed by atoms with Crippen LogP contribution in [0.3, 0.4) is 0 Å². The summed E-state index contributed by atoms with van der Waals surface area (Å²) in [7, 11) is 2.84. The predicted molar refractivity (Wildman–Crippen MR) is 236 cm³/mol. The van der Waals surface area contributed by atoms with Crippen LogP contribution in [-0.4, -0.2) is 58.6 Å². The molecular weight excluding hydrogens is 725 g/mol. The number of nitrogens with zero attached hydrogens (tertiary/aromatic N) is 2. The fourth-order valence-corrected chi connectivity index (χ4v) is 9.07. The van der Waals surface area contributed by atoms with Gasteiger partial charge in [-0.3, -0.25) is 14.6 Å². The van der Waals surface area contributed by atoms with E-state index in [1.807, 2.05) is 0 Å². The van der Waals surface area contributed by atoms with Crippen LogP contribution in [-0.2, 0) is 38.3 Å². The summed E-state index contributed by atoms with van der Waals surface area (Å²) in [5.41, 5.74) is 21.5. The topological polar surface area (TPSA) is 137 Å². The van der Waals surface area contributed by atoms with E-state index in [0.29, 0.717) is 18.8 Å². The number of aromatic nitrogens is 3. The number of hydrogen-bond acceptors (Lipinski definition) is 7. The average Bonchev–Trinajstić information content (AvgIpc) is 4.05. The normalized spacial score (nSPS) is 19.4. The maximum atomic E-state index is 12.6. The zero-order chi connectivity index (χ0) is 42.0. The summed E-state index contributed by atoms with van der Waals surface area (Å²) < 4.78 is 10.2. The number of nitrogens with one attached hydrogen (secondary N) is 4. The van der Waals surface area contributed by atoms with Crippen molar-refractivity contribution in [1.29, 1.82) is 0 Å². The van der Waals surface area contributed by atoms with E-state index < -0.39 is 0 Å². The van der Waals surface area contributed by atoms with Crippen molar-refractivity contribution in [2.45, 2.75) is 127 Å². The number of rotatable bonds is 15. The fraction of sp³-hybridized carbons (Fsp3) is 0.458. The fourth-order valence-electron chi connectivity index (χ4n) is 9.07. The molecule has 0 spiro atoms. The van der Waals surface area contributed by atoms with E-state index in [-0.39, 0.29) is 30.8 Å². The predicted octanol–water partition coefficient (Wildman–Crippen LogP) is 10.0. The molecule has 2 atom stereocenters. The van der Waals surface area contributed by atoms with Gasteiger partial charge in [0.25, 0.3) is 0 Å². The summed E-state index contributed by atoms with van der Waals surface area (Å²) >= 11 is 0. The smallest absolute Gasteiger partial charge is 0.305 e. The summed E-state index contributed by atoms with van der Waals surface area (Å²) in [6.07, 6.45) is 13.6. The standard InChI is InChI=1S/C48H62N6O4/c1-13-31-23-49-43(25(31)5)45-29(9)33(15-3)39(53-45)21-37-27(7)35(17-19-41(55)57-11)47(51-37)48-36(18-20-42(56)58-12)28(8)38(52-48)22-40-34(16-4)30(10)46(54-40)44-26(6)32(14-2)24-50-44/h21-25,43,49-51,54H,13-20H2,1-12H3/b38-22-,39-21-. The van der Waals surface area contributed by atoms with Crippen molar-refractivity contribution in [2.24, 2.45) is 15.9 Å². The van der Waals surface area contributed by atoms with Gasteiger partial charge in [-0.15, -0.1) is 0 Å². The SMILES string of the molecule is CCC1=CNC(C2=N/C(=C\c3[nH]c(C4=N/C(=C\c5[nH]c(-c6[nH]cc(CC)c6C)c(C)c5CC)C(C)=C4CCC(=O)OC)c(CCC(=O)OC)c3C)C(CC)=C2C)C1C. The Kier molecular flexibility index (Phi) is 12.8. The lowest BCUT2D eigenvalue weighted by Crippen LogP contribution is -2.35. The summed E-state index contributed by atoms with van der Waals surface area (Å²) in [4.78, 5) is 46.9. The Morgan fingerprint density at radius 2 is 1.38 bits per heavy atom. The van der Waals surface area contributed by atoms with Gasteiger partial charge in [-0.2, -0.15) is 0 Å².